The molecule has 1 aliphatic rings. The molecule has 0 atom stereocenters. The van der Waals surface area contributed by atoms with Crippen LogP contribution in [0.2, 0.25) is 0 Å². The van der Waals surface area contributed by atoms with E-state index in [9.17, 15) is 13.2 Å². The van der Waals surface area contributed by atoms with Crippen molar-refractivity contribution in [2.24, 2.45) is 0 Å². The predicted molar refractivity (Wildman–Crippen MR) is 101 cm³/mol. The van der Waals surface area contributed by atoms with Crippen molar-refractivity contribution < 1.29 is 17.9 Å². The minimum Gasteiger partial charge on any atom is -0.368 e. The number of benzene rings is 1. The molecule has 1 aromatic rings. The van der Waals surface area contributed by atoms with Gasteiger partial charge in [-0.25, -0.2) is 8.42 Å². The van der Waals surface area contributed by atoms with Gasteiger partial charge in [-0.05, 0) is 37.9 Å². The first-order chi connectivity index (χ1) is 11.5. The van der Waals surface area contributed by atoms with Crippen LogP contribution in [0.3, 0.4) is 0 Å². The number of sulfone groups is 1. The average Bonchev–Trinajstić information content (AvgIpc) is 2.59. The van der Waals surface area contributed by atoms with Crippen molar-refractivity contribution in [2.45, 2.75) is 30.6 Å². The third kappa shape index (κ3) is 6.58. The fourth-order valence-corrected chi connectivity index (χ4v) is 4.34. The zero-order valence-corrected chi connectivity index (χ0v) is 16.1. The molecule has 0 spiro atoms. The van der Waals surface area contributed by atoms with Gasteiger partial charge in [-0.15, -0.1) is 12.4 Å². The first-order valence-electron chi connectivity index (χ1n) is 8.26. The third-order valence-corrected chi connectivity index (χ3v) is 6.05. The Morgan fingerprint density at radius 2 is 1.88 bits per heavy atom. The van der Waals surface area contributed by atoms with Crippen LogP contribution < -0.4 is 10.6 Å². The molecule has 0 unspecified atom stereocenters. The van der Waals surface area contributed by atoms with Gasteiger partial charge in [0.25, 0.3) is 5.91 Å². The maximum Gasteiger partial charge on any atom is 0.252 e. The molecule has 0 aromatic heterocycles. The highest BCUT2D eigenvalue weighted by Crippen LogP contribution is 2.22. The molecule has 2 N–H and O–H groups in total. The summed E-state index contributed by atoms with van der Waals surface area (Å²) >= 11 is 0. The van der Waals surface area contributed by atoms with Crippen LogP contribution in [0.1, 0.15) is 24.8 Å². The molecule has 0 saturated carbocycles. The second-order valence-corrected chi connectivity index (χ2v) is 8.32. The summed E-state index contributed by atoms with van der Waals surface area (Å²) in [6.45, 7) is 1.82. The summed E-state index contributed by atoms with van der Waals surface area (Å²) in [7, 11) is -1.62. The van der Waals surface area contributed by atoms with Crippen molar-refractivity contribution in [3.8, 4) is 0 Å². The number of nitrogens with one attached hydrogen (secondary N) is 2. The Hall–Kier alpha value is -1.15. The number of hydrogen-bond donors (Lipinski definition) is 2. The van der Waals surface area contributed by atoms with Gasteiger partial charge in [0.05, 0.1) is 11.5 Å². The number of carbonyl (C=O) groups is 1. The van der Waals surface area contributed by atoms with E-state index in [2.05, 4.69) is 10.6 Å². The lowest BCUT2D eigenvalue weighted by Gasteiger charge is -2.34. The van der Waals surface area contributed by atoms with E-state index in [4.69, 9.17) is 4.74 Å². The maximum atomic E-state index is 12.4. The van der Waals surface area contributed by atoms with Gasteiger partial charge in [0.1, 0.15) is 5.60 Å². The van der Waals surface area contributed by atoms with Gasteiger partial charge in [-0.2, -0.15) is 0 Å². The topological polar surface area (TPSA) is 84.5 Å². The summed E-state index contributed by atoms with van der Waals surface area (Å²) in [5.41, 5.74) is 0.00308. The second-order valence-electron chi connectivity index (χ2n) is 6.14. The molecular weight excluding hydrogens is 364 g/mol. The number of rotatable bonds is 8. The van der Waals surface area contributed by atoms with E-state index in [1.807, 2.05) is 18.2 Å². The number of halogens is 1. The fourth-order valence-electron chi connectivity index (χ4n) is 2.91. The molecule has 142 valence electrons. The van der Waals surface area contributed by atoms with E-state index in [0.29, 0.717) is 25.8 Å². The number of methoxy groups -OCH3 is 1. The van der Waals surface area contributed by atoms with Gasteiger partial charge >= 0.3 is 0 Å². The Balaban J connectivity index is 0.00000312. The van der Waals surface area contributed by atoms with Gasteiger partial charge in [-0.3, -0.25) is 4.79 Å². The Kier molecular flexibility index (Phi) is 8.85. The molecule has 1 saturated heterocycles. The van der Waals surface area contributed by atoms with Crippen LogP contribution in [0.25, 0.3) is 0 Å². The van der Waals surface area contributed by atoms with Crippen molar-refractivity contribution in [2.75, 3.05) is 32.5 Å². The lowest BCUT2D eigenvalue weighted by molar-refractivity contribution is -0.146. The summed E-state index contributed by atoms with van der Waals surface area (Å²) in [5, 5.41) is 6.02. The van der Waals surface area contributed by atoms with E-state index in [1.165, 1.54) is 0 Å². The van der Waals surface area contributed by atoms with E-state index in [0.717, 1.165) is 18.7 Å². The number of hydrogen-bond acceptors (Lipinski definition) is 5. The largest absolute Gasteiger partial charge is 0.368 e. The maximum absolute atomic E-state index is 12.4. The Morgan fingerprint density at radius 1 is 1.24 bits per heavy atom. The number of ether oxygens (including phenoxy) is 1. The summed E-state index contributed by atoms with van der Waals surface area (Å²) in [5.74, 6) is -0.0499. The van der Waals surface area contributed by atoms with E-state index >= 15 is 0 Å². The van der Waals surface area contributed by atoms with Gasteiger partial charge in [-0.1, -0.05) is 30.3 Å². The summed E-state index contributed by atoms with van der Waals surface area (Å²) in [6.07, 6.45) is 1.65. The van der Waals surface area contributed by atoms with Crippen LogP contribution in [-0.4, -0.2) is 52.4 Å². The smallest absolute Gasteiger partial charge is 0.252 e. The highest BCUT2D eigenvalue weighted by molar-refractivity contribution is 7.90. The quantitative estimate of drug-likeness (QED) is 0.653. The van der Waals surface area contributed by atoms with Crippen LogP contribution in [0.4, 0.5) is 0 Å². The highest BCUT2D eigenvalue weighted by atomic mass is 35.5. The van der Waals surface area contributed by atoms with Gasteiger partial charge in [0, 0.05) is 13.7 Å². The van der Waals surface area contributed by atoms with Crippen LogP contribution in [0, 0.1) is 0 Å². The Labute approximate surface area is 156 Å². The molecule has 8 heteroatoms. The standard InChI is InChI=1S/C17H26N2O4S.ClH/c1-23-17(8-11-18-12-9-17)16(20)19-10-5-13-24(21,22)14-15-6-3-2-4-7-15;/h2-4,6-7,18H,5,8-14H2,1H3,(H,19,20);1H. The Morgan fingerprint density at radius 3 is 2.48 bits per heavy atom. The van der Waals surface area contributed by atoms with Crippen molar-refractivity contribution in [3.63, 3.8) is 0 Å². The molecule has 6 nitrogen and oxygen atoms in total. The first-order valence-corrected chi connectivity index (χ1v) is 10.1. The van der Waals surface area contributed by atoms with E-state index in [1.54, 1.807) is 19.2 Å². The fraction of sp³-hybridized carbons (Fsp3) is 0.588. The molecule has 1 heterocycles. The molecule has 1 aromatic carbocycles. The van der Waals surface area contributed by atoms with Crippen LogP contribution in [0.15, 0.2) is 30.3 Å². The van der Waals surface area contributed by atoms with E-state index in [-0.39, 0.29) is 29.8 Å². The molecule has 2 rings (SSSR count). The van der Waals surface area contributed by atoms with Crippen molar-refractivity contribution in [1.82, 2.24) is 10.6 Å². The van der Waals surface area contributed by atoms with Crippen LogP contribution >= 0.6 is 12.4 Å². The zero-order valence-electron chi connectivity index (χ0n) is 14.5. The number of amides is 1. The summed E-state index contributed by atoms with van der Waals surface area (Å²) in [6, 6.07) is 9.12. The normalized spacial score (nSPS) is 16.7. The third-order valence-electron chi connectivity index (χ3n) is 4.36. The molecular formula is C17H27ClN2O4S. The number of piperidine rings is 1. The monoisotopic (exact) mass is 390 g/mol. The minimum absolute atomic E-state index is 0. The molecule has 0 aliphatic carbocycles. The molecule has 1 amide bonds. The average molecular weight is 391 g/mol. The second kappa shape index (κ2) is 10.1. The zero-order chi connectivity index (χ0) is 17.5. The van der Waals surface area contributed by atoms with Crippen LogP contribution in [0.5, 0.6) is 0 Å². The predicted octanol–water partition coefficient (Wildman–Crippen LogP) is 1.30. The van der Waals surface area contributed by atoms with Gasteiger partial charge in [0.2, 0.25) is 0 Å². The lowest BCUT2D eigenvalue weighted by atomic mass is 9.91. The summed E-state index contributed by atoms with van der Waals surface area (Å²) in [4.78, 5) is 12.4. The molecule has 0 radical (unpaired) electrons. The van der Waals surface area contributed by atoms with E-state index < -0.39 is 15.4 Å². The van der Waals surface area contributed by atoms with Gasteiger partial charge in [0.15, 0.2) is 9.84 Å². The van der Waals surface area contributed by atoms with Gasteiger partial charge < -0.3 is 15.4 Å². The first kappa shape index (κ1) is 21.9. The highest BCUT2D eigenvalue weighted by Gasteiger charge is 2.39. The molecule has 25 heavy (non-hydrogen) atoms. The molecule has 0 bridgehead atoms. The Bertz CT molecular complexity index is 631. The van der Waals surface area contributed by atoms with Crippen molar-refractivity contribution in [1.29, 1.82) is 0 Å². The SMILES string of the molecule is COC1(C(=O)NCCCS(=O)(=O)Cc2ccccc2)CCNCC1.Cl. The summed E-state index contributed by atoms with van der Waals surface area (Å²) < 4.78 is 29.7. The van der Waals surface area contributed by atoms with Crippen LogP contribution in [-0.2, 0) is 25.1 Å². The number of carbonyl (C=O) groups excluding carboxylic acids is 1. The molecule has 1 aliphatic heterocycles. The van der Waals surface area contributed by atoms with Crippen molar-refractivity contribution in [3.05, 3.63) is 35.9 Å². The minimum atomic E-state index is -3.17. The lowest BCUT2D eigenvalue weighted by Crippen LogP contribution is -2.54. The molecule has 1 fully saturated rings. The van der Waals surface area contributed by atoms with Crippen molar-refractivity contribution >= 4 is 28.2 Å².